The maximum Gasteiger partial charge on any atom is 0.282 e. The van der Waals surface area contributed by atoms with Gasteiger partial charge in [0, 0.05) is 25.6 Å². The quantitative estimate of drug-likeness (QED) is 0.665. The number of anilines is 1. The van der Waals surface area contributed by atoms with Crippen LogP contribution in [0, 0.1) is 0 Å². The van der Waals surface area contributed by atoms with Gasteiger partial charge in [0.05, 0.1) is 0 Å². The van der Waals surface area contributed by atoms with Gasteiger partial charge in [-0.15, -0.1) is 10.2 Å². The first-order valence-corrected chi connectivity index (χ1v) is 7.49. The predicted octanol–water partition coefficient (Wildman–Crippen LogP) is 1.00. The third-order valence-corrected chi connectivity index (χ3v) is 3.11. The molecule has 0 aliphatic rings. The molecule has 112 valence electrons. The fourth-order valence-electron chi connectivity index (χ4n) is 1.38. The molecule has 0 aliphatic heterocycles. The number of carbonyl (C=O) groups is 2. The third-order valence-electron chi connectivity index (χ3n) is 2.23. The lowest BCUT2D eigenvalue weighted by molar-refractivity contribution is -0.121. The van der Waals surface area contributed by atoms with E-state index >= 15 is 0 Å². The summed E-state index contributed by atoms with van der Waals surface area (Å²) in [4.78, 5) is 23.2. The number of hydrogen-bond donors (Lipinski definition) is 3. The van der Waals surface area contributed by atoms with Crippen molar-refractivity contribution in [3.05, 3.63) is 5.01 Å². The zero-order chi connectivity index (χ0) is 15.0. The highest BCUT2D eigenvalue weighted by Crippen LogP contribution is 2.14. The van der Waals surface area contributed by atoms with Gasteiger partial charge in [-0.1, -0.05) is 18.3 Å². The first-order valence-electron chi connectivity index (χ1n) is 6.67. The Labute approximate surface area is 122 Å². The Kier molecular flexibility index (Phi) is 6.92. The van der Waals surface area contributed by atoms with Crippen molar-refractivity contribution in [1.82, 2.24) is 20.8 Å². The van der Waals surface area contributed by atoms with Crippen LogP contribution in [0.2, 0.25) is 0 Å². The number of nitrogens with one attached hydrogen (secondary N) is 3. The topological polar surface area (TPSA) is 96.0 Å². The fourth-order valence-corrected chi connectivity index (χ4v) is 2.06. The van der Waals surface area contributed by atoms with Crippen LogP contribution in [0.15, 0.2) is 0 Å². The van der Waals surface area contributed by atoms with Gasteiger partial charge in [0.1, 0.15) is 0 Å². The van der Waals surface area contributed by atoms with Gasteiger partial charge in [-0.05, 0) is 20.3 Å². The standard InChI is InChI=1S/C12H21N5O2S/c1-4-6-14-12-17-16-11(20-12)10(19)13-7-5-9(18)15-8(2)3/h8H,4-7H2,1-3H3,(H,13,19)(H,14,17)(H,15,18). The number of aromatic nitrogens is 2. The van der Waals surface area contributed by atoms with Crippen molar-refractivity contribution in [1.29, 1.82) is 0 Å². The molecule has 1 aromatic heterocycles. The highest BCUT2D eigenvalue weighted by Gasteiger charge is 2.12. The van der Waals surface area contributed by atoms with Gasteiger partial charge in [0.2, 0.25) is 16.0 Å². The van der Waals surface area contributed by atoms with Crippen LogP contribution in [0.5, 0.6) is 0 Å². The Bertz CT molecular complexity index is 447. The molecule has 1 heterocycles. The van der Waals surface area contributed by atoms with Crippen LogP contribution in [-0.4, -0.2) is 41.1 Å². The smallest absolute Gasteiger partial charge is 0.282 e. The second-order valence-corrected chi connectivity index (χ2v) is 5.54. The van der Waals surface area contributed by atoms with Gasteiger partial charge in [-0.3, -0.25) is 9.59 Å². The van der Waals surface area contributed by atoms with Crippen LogP contribution >= 0.6 is 11.3 Å². The van der Waals surface area contributed by atoms with Crippen LogP contribution in [0.3, 0.4) is 0 Å². The summed E-state index contributed by atoms with van der Waals surface area (Å²) in [5, 5.41) is 17.1. The van der Waals surface area contributed by atoms with E-state index in [2.05, 4.69) is 26.1 Å². The summed E-state index contributed by atoms with van der Waals surface area (Å²) in [7, 11) is 0. The Balaban J connectivity index is 2.32. The molecule has 1 aromatic rings. The molecule has 1 rings (SSSR count). The minimum atomic E-state index is -0.301. The van der Waals surface area contributed by atoms with Crippen molar-refractivity contribution >= 4 is 28.3 Å². The Morgan fingerprint density at radius 2 is 2.00 bits per heavy atom. The third kappa shape index (κ3) is 5.96. The summed E-state index contributed by atoms with van der Waals surface area (Å²) in [6.07, 6.45) is 1.23. The monoisotopic (exact) mass is 299 g/mol. The lowest BCUT2D eigenvalue weighted by Gasteiger charge is -2.08. The van der Waals surface area contributed by atoms with Crippen molar-refractivity contribution in [3.63, 3.8) is 0 Å². The highest BCUT2D eigenvalue weighted by atomic mass is 32.1. The first kappa shape index (κ1) is 16.4. The molecule has 0 radical (unpaired) electrons. The van der Waals surface area contributed by atoms with Crippen LogP contribution in [-0.2, 0) is 4.79 Å². The minimum Gasteiger partial charge on any atom is -0.360 e. The Morgan fingerprint density at radius 3 is 2.65 bits per heavy atom. The number of carbonyl (C=O) groups excluding carboxylic acids is 2. The summed E-state index contributed by atoms with van der Waals surface area (Å²) in [6, 6.07) is 0.105. The van der Waals surface area contributed by atoms with Crippen LogP contribution in [0.1, 0.15) is 43.4 Å². The molecule has 0 atom stereocenters. The number of nitrogens with zero attached hydrogens (tertiary/aromatic N) is 2. The van der Waals surface area contributed by atoms with Crippen molar-refractivity contribution in [2.45, 2.75) is 39.7 Å². The summed E-state index contributed by atoms with van der Waals surface area (Å²) in [5.41, 5.74) is 0. The zero-order valence-electron chi connectivity index (χ0n) is 12.0. The summed E-state index contributed by atoms with van der Waals surface area (Å²) >= 11 is 1.20. The number of amides is 2. The summed E-state index contributed by atoms with van der Waals surface area (Å²) in [6.45, 7) is 6.91. The molecular weight excluding hydrogens is 278 g/mol. The number of hydrogen-bond acceptors (Lipinski definition) is 6. The molecule has 0 aromatic carbocycles. The van der Waals surface area contributed by atoms with E-state index in [9.17, 15) is 9.59 Å². The lowest BCUT2D eigenvalue weighted by atomic mass is 10.3. The van der Waals surface area contributed by atoms with Crippen molar-refractivity contribution in [3.8, 4) is 0 Å². The van der Waals surface area contributed by atoms with E-state index in [4.69, 9.17) is 0 Å². The summed E-state index contributed by atoms with van der Waals surface area (Å²) in [5.74, 6) is -0.382. The molecule has 0 bridgehead atoms. The molecule has 0 fully saturated rings. The van der Waals surface area contributed by atoms with Gasteiger partial charge >= 0.3 is 0 Å². The van der Waals surface area contributed by atoms with Crippen LogP contribution in [0.4, 0.5) is 5.13 Å². The molecule has 20 heavy (non-hydrogen) atoms. The Morgan fingerprint density at radius 1 is 1.25 bits per heavy atom. The van der Waals surface area contributed by atoms with E-state index in [0.717, 1.165) is 13.0 Å². The second kappa shape index (κ2) is 8.47. The van der Waals surface area contributed by atoms with Gasteiger partial charge in [-0.25, -0.2) is 0 Å². The van der Waals surface area contributed by atoms with Gasteiger partial charge in [-0.2, -0.15) is 0 Å². The lowest BCUT2D eigenvalue weighted by Crippen LogP contribution is -2.34. The molecule has 0 unspecified atom stereocenters. The van der Waals surface area contributed by atoms with E-state index in [1.54, 1.807) is 0 Å². The van der Waals surface area contributed by atoms with Crippen molar-refractivity contribution in [2.24, 2.45) is 0 Å². The number of rotatable bonds is 8. The highest BCUT2D eigenvalue weighted by molar-refractivity contribution is 7.17. The molecular formula is C12H21N5O2S. The van der Waals surface area contributed by atoms with E-state index < -0.39 is 0 Å². The average molecular weight is 299 g/mol. The molecule has 0 saturated carbocycles. The van der Waals surface area contributed by atoms with Crippen molar-refractivity contribution < 1.29 is 9.59 Å². The van der Waals surface area contributed by atoms with E-state index in [0.29, 0.717) is 10.1 Å². The van der Waals surface area contributed by atoms with Gasteiger partial charge in [0.25, 0.3) is 5.91 Å². The van der Waals surface area contributed by atoms with Gasteiger partial charge < -0.3 is 16.0 Å². The molecule has 8 heteroatoms. The molecule has 0 saturated heterocycles. The van der Waals surface area contributed by atoms with E-state index in [-0.39, 0.29) is 30.8 Å². The molecule has 7 nitrogen and oxygen atoms in total. The average Bonchev–Trinajstić information content (AvgIpc) is 2.84. The maximum absolute atomic E-state index is 11.8. The van der Waals surface area contributed by atoms with Crippen molar-refractivity contribution in [2.75, 3.05) is 18.4 Å². The van der Waals surface area contributed by atoms with E-state index in [1.807, 2.05) is 20.8 Å². The predicted molar refractivity (Wildman–Crippen MR) is 78.9 cm³/mol. The SMILES string of the molecule is CCCNc1nnc(C(=O)NCCC(=O)NC(C)C)s1. The maximum atomic E-state index is 11.8. The molecule has 2 amide bonds. The fraction of sp³-hybridized carbons (Fsp3) is 0.667. The normalized spacial score (nSPS) is 10.4. The zero-order valence-corrected chi connectivity index (χ0v) is 12.8. The van der Waals surface area contributed by atoms with Crippen LogP contribution in [0.25, 0.3) is 0 Å². The van der Waals surface area contributed by atoms with Crippen LogP contribution < -0.4 is 16.0 Å². The Hall–Kier alpha value is -1.70. The second-order valence-electron chi connectivity index (χ2n) is 4.57. The summed E-state index contributed by atoms with van der Waals surface area (Å²) < 4.78 is 0. The molecule has 3 N–H and O–H groups in total. The molecule has 0 spiro atoms. The van der Waals surface area contributed by atoms with E-state index in [1.165, 1.54) is 11.3 Å². The largest absolute Gasteiger partial charge is 0.360 e. The first-order chi connectivity index (χ1) is 9.52. The van der Waals surface area contributed by atoms with Gasteiger partial charge in [0.15, 0.2) is 0 Å². The molecule has 0 aliphatic carbocycles. The minimum absolute atomic E-state index is 0.0807.